The monoisotopic (exact) mass is 636 g/mol. The van der Waals surface area contributed by atoms with Gasteiger partial charge in [0.15, 0.2) is 17.5 Å². The van der Waals surface area contributed by atoms with Crippen molar-refractivity contribution in [3.8, 4) is 62.5 Å². The summed E-state index contributed by atoms with van der Waals surface area (Å²) in [4.78, 5) is 15.0. The highest BCUT2D eigenvalue weighted by Gasteiger charge is 2.45. The summed E-state index contributed by atoms with van der Waals surface area (Å²) >= 11 is 0. The molecule has 4 nitrogen and oxygen atoms in total. The third kappa shape index (κ3) is 6.07. The zero-order chi connectivity index (χ0) is 33.4. The molecule has 0 N–H and O–H groups in total. The Labute approximate surface area is 289 Å². The maximum atomic E-state index is 10.0. The summed E-state index contributed by atoms with van der Waals surface area (Å²) < 4.78 is 0. The van der Waals surface area contributed by atoms with Crippen molar-refractivity contribution < 1.29 is 0 Å². The van der Waals surface area contributed by atoms with Crippen LogP contribution >= 0.6 is 0 Å². The van der Waals surface area contributed by atoms with Gasteiger partial charge in [-0.15, -0.1) is 0 Å². The van der Waals surface area contributed by atoms with Crippen LogP contribution in [0.4, 0.5) is 0 Å². The molecule has 0 saturated heterocycles. The van der Waals surface area contributed by atoms with Crippen LogP contribution < -0.4 is 0 Å². The Morgan fingerprint density at radius 2 is 1.08 bits per heavy atom. The minimum atomic E-state index is 0.290. The second-order valence-corrected chi connectivity index (χ2v) is 14.5. The number of benzene rings is 5. The van der Waals surface area contributed by atoms with Crippen molar-refractivity contribution in [2.45, 2.75) is 51.4 Å². The van der Waals surface area contributed by atoms with Gasteiger partial charge < -0.3 is 0 Å². The predicted molar refractivity (Wildman–Crippen MR) is 198 cm³/mol. The van der Waals surface area contributed by atoms with Gasteiger partial charge in [0, 0.05) is 16.7 Å². The summed E-state index contributed by atoms with van der Waals surface area (Å²) in [5, 5.41) is 10.0. The van der Waals surface area contributed by atoms with Crippen LogP contribution in [-0.4, -0.2) is 15.0 Å². The van der Waals surface area contributed by atoms with Gasteiger partial charge in [0.05, 0.1) is 11.6 Å². The van der Waals surface area contributed by atoms with E-state index in [1.165, 1.54) is 43.2 Å². The van der Waals surface area contributed by atoms with Crippen molar-refractivity contribution in [3.05, 3.63) is 139 Å². The van der Waals surface area contributed by atoms with Gasteiger partial charge in [-0.2, -0.15) is 5.26 Å². The van der Waals surface area contributed by atoms with Crippen molar-refractivity contribution in [3.63, 3.8) is 0 Å². The van der Waals surface area contributed by atoms with E-state index in [1.807, 2.05) is 78.9 Å². The summed E-state index contributed by atoms with van der Waals surface area (Å²) in [6.45, 7) is 4.90. The van der Waals surface area contributed by atoms with E-state index in [-0.39, 0.29) is 5.41 Å². The lowest BCUT2D eigenvalue weighted by Gasteiger charge is -2.50. The number of rotatable bonds is 6. The molecule has 240 valence electrons. The standard InChI is InChI=1S/C45H40N4/c1-30-23-33-24-31(2)27-45(26-30,28-33)37-20-18-34(19-21-37)38-15-9-10-16-39(38)41-25-32(29-46)17-22-40(41)44-48-42(35-11-5-3-6-12-35)47-43(49-44)36-13-7-4-8-14-36/h3-22,25,30-31,33H,23-24,26-28H2,1-2H3/t30-,31+,33-,45?. The van der Waals surface area contributed by atoms with Crippen LogP contribution in [-0.2, 0) is 5.41 Å². The smallest absolute Gasteiger partial charge is 0.164 e. The molecular formula is C45H40N4. The highest BCUT2D eigenvalue weighted by Crippen LogP contribution is 2.54. The highest BCUT2D eigenvalue weighted by atomic mass is 15.0. The molecule has 5 aromatic carbocycles. The first-order valence-corrected chi connectivity index (χ1v) is 17.6. The number of fused-ring (bicyclic) bond motifs is 2. The SMILES string of the molecule is C[C@@H]1C[C@@H]2C[C@H](C)CC(c3ccc(-c4ccccc4-c4cc(C#N)ccc4-c4nc(-c5ccccc5)nc(-c5ccccc5)n4)cc3)(C1)C2. The van der Waals surface area contributed by atoms with E-state index < -0.39 is 0 Å². The van der Waals surface area contributed by atoms with Gasteiger partial charge in [-0.3, -0.25) is 0 Å². The van der Waals surface area contributed by atoms with E-state index in [9.17, 15) is 5.26 Å². The number of hydrogen-bond acceptors (Lipinski definition) is 4. The summed E-state index contributed by atoms with van der Waals surface area (Å²) in [7, 11) is 0. The molecule has 2 fully saturated rings. The lowest BCUT2D eigenvalue weighted by molar-refractivity contribution is 0.0780. The molecule has 2 aliphatic rings. The third-order valence-corrected chi connectivity index (χ3v) is 10.7. The lowest BCUT2D eigenvalue weighted by atomic mass is 9.54. The van der Waals surface area contributed by atoms with Crippen LogP contribution in [0.5, 0.6) is 0 Å². The van der Waals surface area contributed by atoms with E-state index >= 15 is 0 Å². The second-order valence-electron chi connectivity index (χ2n) is 14.5. The average Bonchev–Trinajstić information content (AvgIpc) is 3.14. The summed E-state index contributed by atoms with van der Waals surface area (Å²) in [6, 6.07) is 46.2. The lowest BCUT2D eigenvalue weighted by Crippen LogP contribution is -2.42. The molecule has 1 heterocycles. The molecule has 2 saturated carbocycles. The molecule has 49 heavy (non-hydrogen) atoms. The summed E-state index contributed by atoms with van der Waals surface area (Å²) in [6.07, 6.45) is 6.65. The van der Waals surface area contributed by atoms with Crippen LogP contribution in [0.15, 0.2) is 127 Å². The maximum absolute atomic E-state index is 10.0. The molecule has 8 rings (SSSR count). The van der Waals surface area contributed by atoms with Gasteiger partial charge in [0.25, 0.3) is 0 Å². The Morgan fingerprint density at radius 1 is 0.531 bits per heavy atom. The normalized spacial score (nSPS) is 21.5. The molecule has 2 aliphatic carbocycles. The Kier molecular flexibility index (Phi) is 8.14. The molecule has 4 atom stereocenters. The van der Waals surface area contributed by atoms with Crippen molar-refractivity contribution in [2.24, 2.45) is 17.8 Å². The van der Waals surface area contributed by atoms with Crippen LogP contribution in [0.1, 0.15) is 57.1 Å². The van der Waals surface area contributed by atoms with E-state index in [4.69, 9.17) is 15.0 Å². The Bertz CT molecular complexity index is 2070. The Balaban J connectivity index is 1.25. The molecule has 4 heteroatoms. The number of aromatic nitrogens is 3. The molecule has 0 radical (unpaired) electrons. The van der Waals surface area contributed by atoms with Gasteiger partial charge in [-0.25, -0.2) is 15.0 Å². The minimum absolute atomic E-state index is 0.290. The third-order valence-electron chi connectivity index (χ3n) is 10.7. The molecule has 0 amide bonds. The van der Waals surface area contributed by atoms with Crippen molar-refractivity contribution in [1.82, 2.24) is 15.0 Å². The van der Waals surface area contributed by atoms with Gasteiger partial charge in [0.1, 0.15) is 0 Å². The quantitative estimate of drug-likeness (QED) is 0.182. The molecule has 6 aromatic rings. The first kappa shape index (κ1) is 30.9. The fraction of sp³-hybridized carbons (Fsp3) is 0.244. The van der Waals surface area contributed by atoms with Crippen molar-refractivity contribution >= 4 is 0 Å². The molecule has 1 aromatic heterocycles. The number of nitriles is 1. The van der Waals surface area contributed by atoms with Crippen molar-refractivity contribution in [1.29, 1.82) is 5.26 Å². The zero-order valence-electron chi connectivity index (χ0n) is 28.2. The largest absolute Gasteiger partial charge is 0.208 e. The Hall–Kier alpha value is -5.40. The Morgan fingerprint density at radius 3 is 1.67 bits per heavy atom. The van der Waals surface area contributed by atoms with Crippen LogP contribution in [0.2, 0.25) is 0 Å². The summed E-state index contributed by atoms with van der Waals surface area (Å²) in [5.41, 5.74) is 9.33. The van der Waals surface area contributed by atoms with Gasteiger partial charge >= 0.3 is 0 Å². The van der Waals surface area contributed by atoms with E-state index in [0.29, 0.717) is 23.0 Å². The molecule has 0 spiro atoms. The predicted octanol–water partition coefficient (Wildman–Crippen LogP) is 11.2. The van der Waals surface area contributed by atoms with E-state index in [2.05, 4.69) is 68.4 Å². The highest BCUT2D eigenvalue weighted by molar-refractivity contribution is 5.91. The zero-order valence-corrected chi connectivity index (χ0v) is 28.2. The van der Waals surface area contributed by atoms with Gasteiger partial charge in [-0.05, 0) is 101 Å². The van der Waals surface area contributed by atoms with Crippen LogP contribution in [0.25, 0.3) is 56.4 Å². The molecule has 0 aliphatic heterocycles. The van der Waals surface area contributed by atoms with Gasteiger partial charge in [0.2, 0.25) is 0 Å². The molecule has 2 bridgehead atoms. The molecule has 1 unspecified atom stereocenters. The van der Waals surface area contributed by atoms with Gasteiger partial charge in [-0.1, -0.05) is 123 Å². The minimum Gasteiger partial charge on any atom is -0.208 e. The summed E-state index contributed by atoms with van der Waals surface area (Å²) in [5.74, 6) is 4.19. The van der Waals surface area contributed by atoms with Crippen LogP contribution in [0, 0.1) is 29.1 Å². The average molecular weight is 637 g/mol. The topological polar surface area (TPSA) is 62.5 Å². The van der Waals surface area contributed by atoms with E-state index in [1.54, 1.807) is 0 Å². The fourth-order valence-electron chi connectivity index (χ4n) is 8.99. The number of hydrogen-bond donors (Lipinski definition) is 0. The first-order chi connectivity index (χ1) is 24.0. The second kappa shape index (κ2) is 12.9. The first-order valence-electron chi connectivity index (χ1n) is 17.6. The van der Waals surface area contributed by atoms with Crippen LogP contribution in [0.3, 0.4) is 0 Å². The molecular weight excluding hydrogens is 597 g/mol. The van der Waals surface area contributed by atoms with E-state index in [0.717, 1.165) is 51.1 Å². The van der Waals surface area contributed by atoms with Crippen molar-refractivity contribution in [2.75, 3.05) is 0 Å². The maximum Gasteiger partial charge on any atom is 0.164 e. The fourth-order valence-corrected chi connectivity index (χ4v) is 8.99. The number of nitrogens with zero attached hydrogens (tertiary/aromatic N) is 4.